The molecule has 0 saturated heterocycles. The highest BCUT2D eigenvalue weighted by molar-refractivity contribution is 9.10. The van der Waals surface area contributed by atoms with Gasteiger partial charge in [0.25, 0.3) is 0 Å². The standard InChI is InChI=1S/C15H16BrClN2O/c1-18-14(8-12-5-3-10(16)9-19-12)13-6-4-11(17)7-15(13)20-2/h3-7,9,14,18H,8H2,1-2H3. The van der Waals surface area contributed by atoms with Gasteiger partial charge in [-0.25, -0.2) is 0 Å². The van der Waals surface area contributed by atoms with E-state index in [4.69, 9.17) is 16.3 Å². The van der Waals surface area contributed by atoms with Crippen LogP contribution >= 0.6 is 27.5 Å². The zero-order chi connectivity index (χ0) is 14.5. The first-order valence-electron chi connectivity index (χ1n) is 6.25. The predicted molar refractivity (Wildman–Crippen MR) is 85.4 cm³/mol. The van der Waals surface area contributed by atoms with E-state index < -0.39 is 0 Å². The van der Waals surface area contributed by atoms with Crippen LogP contribution in [0.25, 0.3) is 0 Å². The van der Waals surface area contributed by atoms with E-state index in [9.17, 15) is 0 Å². The van der Waals surface area contributed by atoms with Gasteiger partial charge in [-0.3, -0.25) is 4.98 Å². The largest absolute Gasteiger partial charge is 0.496 e. The maximum Gasteiger partial charge on any atom is 0.125 e. The summed E-state index contributed by atoms with van der Waals surface area (Å²) in [5, 5.41) is 3.97. The monoisotopic (exact) mass is 354 g/mol. The summed E-state index contributed by atoms with van der Waals surface area (Å²) in [4.78, 5) is 4.41. The summed E-state index contributed by atoms with van der Waals surface area (Å²) in [6.45, 7) is 0. The second kappa shape index (κ2) is 7.07. The first kappa shape index (κ1) is 15.3. The highest BCUT2D eigenvalue weighted by Gasteiger charge is 2.16. The Morgan fingerprint density at radius 3 is 2.75 bits per heavy atom. The number of ether oxygens (including phenoxy) is 1. The van der Waals surface area contributed by atoms with Crippen molar-refractivity contribution >= 4 is 27.5 Å². The summed E-state index contributed by atoms with van der Waals surface area (Å²) in [7, 11) is 3.58. The Labute approximate surface area is 132 Å². The van der Waals surface area contributed by atoms with Crippen LogP contribution in [-0.4, -0.2) is 19.1 Å². The number of likely N-dealkylation sites (N-methyl/N-ethyl adjacent to an activating group) is 1. The van der Waals surface area contributed by atoms with E-state index in [1.807, 2.05) is 37.4 Å². The lowest BCUT2D eigenvalue weighted by Gasteiger charge is -2.19. The molecule has 0 saturated carbocycles. The van der Waals surface area contributed by atoms with Crippen molar-refractivity contribution in [2.75, 3.05) is 14.2 Å². The first-order chi connectivity index (χ1) is 9.63. The van der Waals surface area contributed by atoms with Gasteiger partial charge in [0.1, 0.15) is 5.75 Å². The molecule has 0 aliphatic carbocycles. The molecule has 0 amide bonds. The van der Waals surface area contributed by atoms with E-state index >= 15 is 0 Å². The molecule has 1 aromatic heterocycles. The fraction of sp³-hybridized carbons (Fsp3) is 0.267. The highest BCUT2D eigenvalue weighted by atomic mass is 79.9. The van der Waals surface area contributed by atoms with Gasteiger partial charge in [-0.15, -0.1) is 0 Å². The summed E-state index contributed by atoms with van der Waals surface area (Å²) in [6, 6.07) is 9.82. The molecule has 0 spiro atoms. The van der Waals surface area contributed by atoms with E-state index in [2.05, 4.69) is 26.2 Å². The first-order valence-corrected chi connectivity index (χ1v) is 7.42. The molecule has 1 atom stereocenters. The molecular formula is C15H16BrClN2O. The second-order valence-corrected chi connectivity index (χ2v) is 5.75. The third kappa shape index (κ3) is 3.72. The van der Waals surface area contributed by atoms with E-state index in [1.54, 1.807) is 13.3 Å². The summed E-state index contributed by atoms with van der Waals surface area (Å²) >= 11 is 9.39. The van der Waals surface area contributed by atoms with Crippen LogP contribution in [0.15, 0.2) is 41.0 Å². The molecule has 0 radical (unpaired) electrons. The molecule has 2 rings (SSSR count). The number of rotatable bonds is 5. The van der Waals surface area contributed by atoms with Gasteiger partial charge >= 0.3 is 0 Å². The molecule has 2 aromatic rings. The van der Waals surface area contributed by atoms with Gasteiger partial charge in [-0.05, 0) is 47.2 Å². The van der Waals surface area contributed by atoms with Crippen molar-refractivity contribution < 1.29 is 4.74 Å². The molecule has 1 aromatic carbocycles. The van der Waals surface area contributed by atoms with Crippen LogP contribution in [0.3, 0.4) is 0 Å². The maximum atomic E-state index is 6.00. The molecule has 1 heterocycles. The van der Waals surface area contributed by atoms with E-state index in [-0.39, 0.29) is 6.04 Å². The lowest BCUT2D eigenvalue weighted by Crippen LogP contribution is -2.20. The Bertz CT molecular complexity index is 575. The van der Waals surface area contributed by atoms with Crippen molar-refractivity contribution in [3.05, 3.63) is 57.3 Å². The molecule has 0 bridgehead atoms. The smallest absolute Gasteiger partial charge is 0.125 e. The van der Waals surface area contributed by atoms with Gasteiger partial charge in [0.2, 0.25) is 0 Å². The number of pyridine rings is 1. The van der Waals surface area contributed by atoms with Crippen LogP contribution in [-0.2, 0) is 6.42 Å². The van der Waals surface area contributed by atoms with Crippen molar-refractivity contribution in [2.24, 2.45) is 0 Å². The number of hydrogen-bond donors (Lipinski definition) is 1. The number of benzene rings is 1. The van der Waals surface area contributed by atoms with Crippen LogP contribution < -0.4 is 10.1 Å². The molecule has 1 unspecified atom stereocenters. The van der Waals surface area contributed by atoms with Gasteiger partial charge in [0.05, 0.1) is 7.11 Å². The predicted octanol–water partition coefficient (Wildman–Crippen LogP) is 4.01. The molecule has 0 aliphatic rings. The Morgan fingerprint density at radius 1 is 1.35 bits per heavy atom. The molecule has 0 aliphatic heterocycles. The van der Waals surface area contributed by atoms with Crippen molar-refractivity contribution in [3.63, 3.8) is 0 Å². The number of nitrogens with one attached hydrogen (secondary N) is 1. The molecular weight excluding hydrogens is 340 g/mol. The maximum absolute atomic E-state index is 6.00. The van der Waals surface area contributed by atoms with Crippen molar-refractivity contribution in [3.8, 4) is 5.75 Å². The van der Waals surface area contributed by atoms with E-state index in [1.165, 1.54) is 0 Å². The minimum atomic E-state index is 0.121. The number of nitrogens with zero attached hydrogens (tertiary/aromatic N) is 1. The van der Waals surface area contributed by atoms with E-state index in [0.29, 0.717) is 5.02 Å². The lowest BCUT2D eigenvalue weighted by atomic mass is 10.0. The SMILES string of the molecule is CNC(Cc1ccc(Br)cn1)c1ccc(Cl)cc1OC. The number of methoxy groups -OCH3 is 1. The fourth-order valence-corrected chi connectivity index (χ4v) is 2.47. The van der Waals surface area contributed by atoms with Crippen LogP contribution in [0.1, 0.15) is 17.3 Å². The Morgan fingerprint density at radius 2 is 2.15 bits per heavy atom. The molecule has 0 fully saturated rings. The molecule has 1 N–H and O–H groups in total. The number of hydrogen-bond acceptors (Lipinski definition) is 3. The minimum Gasteiger partial charge on any atom is -0.496 e. The fourth-order valence-electron chi connectivity index (χ4n) is 2.08. The summed E-state index contributed by atoms with van der Waals surface area (Å²) < 4.78 is 6.39. The van der Waals surface area contributed by atoms with Crippen LogP contribution in [0.2, 0.25) is 5.02 Å². The Balaban J connectivity index is 2.26. The molecule has 106 valence electrons. The van der Waals surface area contributed by atoms with Gasteiger partial charge in [-0.1, -0.05) is 17.7 Å². The second-order valence-electron chi connectivity index (χ2n) is 4.40. The average Bonchev–Trinajstić information content (AvgIpc) is 2.47. The lowest BCUT2D eigenvalue weighted by molar-refractivity contribution is 0.401. The van der Waals surface area contributed by atoms with Gasteiger partial charge < -0.3 is 10.1 Å². The van der Waals surface area contributed by atoms with Gasteiger partial charge in [0.15, 0.2) is 0 Å². The minimum absolute atomic E-state index is 0.121. The van der Waals surface area contributed by atoms with Crippen LogP contribution in [0.4, 0.5) is 0 Å². The summed E-state index contributed by atoms with van der Waals surface area (Å²) in [6.07, 6.45) is 2.59. The summed E-state index contributed by atoms with van der Waals surface area (Å²) in [5.41, 5.74) is 2.09. The third-order valence-corrected chi connectivity index (χ3v) is 3.83. The normalized spacial score (nSPS) is 12.2. The van der Waals surface area contributed by atoms with Crippen LogP contribution in [0, 0.1) is 0 Å². The topological polar surface area (TPSA) is 34.2 Å². The van der Waals surface area contributed by atoms with Crippen molar-refractivity contribution in [2.45, 2.75) is 12.5 Å². The molecule has 20 heavy (non-hydrogen) atoms. The highest BCUT2D eigenvalue weighted by Crippen LogP contribution is 2.30. The average molecular weight is 356 g/mol. The van der Waals surface area contributed by atoms with Gasteiger partial charge in [0, 0.05) is 39.4 Å². The number of halogens is 2. The zero-order valence-electron chi connectivity index (χ0n) is 11.4. The Hall–Kier alpha value is -1.10. The third-order valence-electron chi connectivity index (χ3n) is 3.12. The zero-order valence-corrected chi connectivity index (χ0v) is 13.7. The Kier molecular flexibility index (Phi) is 5.40. The quantitative estimate of drug-likeness (QED) is 0.880. The van der Waals surface area contributed by atoms with Crippen molar-refractivity contribution in [1.29, 1.82) is 0 Å². The van der Waals surface area contributed by atoms with E-state index in [0.717, 1.165) is 27.9 Å². The van der Waals surface area contributed by atoms with Gasteiger partial charge in [-0.2, -0.15) is 0 Å². The number of aromatic nitrogens is 1. The molecule has 3 nitrogen and oxygen atoms in total. The summed E-state index contributed by atoms with van der Waals surface area (Å²) in [5.74, 6) is 0.786. The van der Waals surface area contributed by atoms with Crippen LogP contribution in [0.5, 0.6) is 5.75 Å². The van der Waals surface area contributed by atoms with Crippen molar-refractivity contribution in [1.82, 2.24) is 10.3 Å². The molecule has 5 heteroatoms.